The lowest BCUT2D eigenvalue weighted by molar-refractivity contribution is -0.126. The van der Waals surface area contributed by atoms with Crippen LogP contribution in [0.4, 0.5) is 5.82 Å². The van der Waals surface area contributed by atoms with Gasteiger partial charge in [0, 0.05) is 24.7 Å². The summed E-state index contributed by atoms with van der Waals surface area (Å²) in [6, 6.07) is 12.8. The van der Waals surface area contributed by atoms with Crippen LogP contribution in [-0.4, -0.2) is 35.2 Å². The third-order valence-electron chi connectivity index (χ3n) is 6.07. The van der Waals surface area contributed by atoms with Crippen molar-refractivity contribution in [2.45, 2.75) is 57.9 Å². The van der Waals surface area contributed by atoms with Crippen LogP contribution in [0, 0.1) is 12.8 Å². The quantitative estimate of drug-likeness (QED) is 0.870. The molecule has 5 nitrogen and oxygen atoms in total. The molecule has 0 radical (unpaired) electrons. The van der Waals surface area contributed by atoms with E-state index < -0.39 is 0 Å². The molecule has 5 heteroatoms. The Kier molecular flexibility index (Phi) is 5.89. The van der Waals surface area contributed by atoms with Gasteiger partial charge in [-0.2, -0.15) is 0 Å². The van der Waals surface area contributed by atoms with Crippen LogP contribution in [0.25, 0.3) is 11.3 Å². The molecule has 2 heterocycles. The molecular formula is C23H30N4O. The number of carbonyl (C=O) groups is 1. The van der Waals surface area contributed by atoms with Gasteiger partial charge >= 0.3 is 0 Å². The van der Waals surface area contributed by atoms with Crippen LogP contribution in [0.5, 0.6) is 0 Å². The van der Waals surface area contributed by atoms with Gasteiger partial charge < -0.3 is 10.2 Å². The second-order valence-electron chi connectivity index (χ2n) is 8.27. The van der Waals surface area contributed by atoms with E-state index in [-0.39, 0.29) is 11.8 Å². The van der Waals surface area contributed by atoms with Crippen molar-refractivity contribution in [1.29, 1.82) is 0 Å². The fraction of sp³-hybridized carbons (Fsp3) is 0.522. The average molecular weight is 379 g/mol. The van der Waals surface area contributed by atoms with E-state index in [9.17, 15) is 4.79 Å². The molecule has 1 aliphatic heterocycles. The van der Waals surface area contributed by atoms with Crippen LogP contribution in [-0.2, 0) is 4.79 Å². The zero-order chi connectivity index (χ0) is 19.3. The zero-order valence-electron chi connectivity index (χ0n) is 16.7. The molecule has 148 valence electrons. The molecule has 1 atom stereocenters. The van der Waals surface area contributed by atoms with Crippen molar-refractivity contribution in [2.24, 2.45) is 5.92 Å². The highest BCUT2D eigenvalue weighted by Crippen LogP contribution is 2.25. The fourth-order valence-corrected chi connectivity index (χ4v) is 4.34. The number of carbonyl (C=O) groups excluding carboxylic acids is 1. The highest BCUT2D eigenvalue weighted by Gasteiger charge is 2.28. The number of hydrogen-bond donors (Lipinski definition) is 1. The molecule has 1 aromatic heterocycles. The maximum atomic E-state index is 12.7. The molecule has 4 rings (SSSR count). The van der Waals surface area contributed by atoms with Crippen LogP contribution >= 0.6 is 0 Å². The summed E-state index contributed by atoms with van der Waals surface area (Å²) in [6.07, 6.45) is 8.03. The van der Waals surface area contributed by atoms with E-state index in [0.717, 1.165) is 55.8 Å². The van der Waals surface area contributed by atoms with E-state index in [1.54, 1.807) is 0 Å². The standard InChI is InChI=1S/C23H30N4O/c1-17-9-11-18(12-10-17)21-13-14-22(26-25-21)27-15-5-6-19(16-27)23(28)24-20-7-3-2-4-8-20/h9-14,19-20H,2-8,15-16H2,1H3,(H,24,28)/t19-/m1/s1. The van der Waals surface area contributed by atoms with Crippen molar-refractivity contribution in [3.63, 3.8) is 0 Å². The molecule has 0 bridgehead atoms. The first-order valence-corrected chi connectivity index (χ1v) is 10.6. The number of anilines is 1. The van der Waals surface area contributed by atoms with Crippen molar-refractivity contribution in [3.8, 4) is 11.3 Å². The fourth-order valence-electron chi connectivity index (χ4n) is 4.34. The van der Waals surface area contributed by atoms with Gasteiger partial charge in [0.2, 0.25) is 5.91 Å². The number of amides is 1. The molecular weight excluding hydrogens is 348 g/mol. The molecule has 2 aliphatic rings. The van der Waals surface area contributed by atoms with E-state index in [4.69, 9.17) is 0 Å². The number of rotatable bonds is 4. The Morgan fingerprint density at radius 3 is 2.46 bits per heavy atom. The Bertz CT molecular complexity index is 781. The first kappa shape index (κ1) is 18.9. The number of piperidine rings is 1. The van der Waals surface area contributed by atoms with Crippen molar-refractivity contribution in [2.75, 3.05) is 18.0 Å². The van der Waals surface area contributed by atoms with Gasteiger partial charge in [-0.05, 0) is 44.7 Å². The summed E-state index contributed by atoms with van der Waals surface area (Å²) in [4.78, 5) is 14.9. The van der Waals surface area contributed by atoms with E-state index in [0.29, 0.717) is 6.04 Å². The van der Waals surface area contributed by atoms with Crippen molar-refractivity contribution in [1.82, 2.24) is 15.5 Å². The minimum absolute atomic E-state index is 0.0502. The van der Waals surface area contributed by atoms with Crippen LogP contribution in [0.2, 0.25) is 0 Å². The highest BCUT2D eigenvalue weighted by atomic mass is 16.2. The van der Waals surface area contributed by atoms with Crippen LogP contribution in [0.3, 0.4) is 0 Å². The topological polar surface area (TPSA) is 58.1 Å². The maximum absolute atomic E-state index is 12.7. The summed E-state index contributed by atoms with van der Waals surface area (Å²) in [7, 11) is 0. The maximum Gasteiger partial charge on any atom is 0.225 e. The minimum Gasteiger partial charge on any atom is -0.354 e. The second kappa shape index (κ2) is 8.72. The molecule has 1 aliphatic carbocycles. The molecule has 0 spiro atoms. The Morgan fingerprint density at radius 2 is 1.75 bits per heavy atom. The van der Waals surface area contributed by atoms with Crippen LogP contribution < -0.4 is 10.2 Å². The first-order chi connectivity index (χ1) is 13.7. The number of nitrogens with zero attached hydrogens (tertiary/aromatic N) is 3. The molecule has 0 unspecified atom stereocenters. The lowest BCUT2D eigenvalue weighted by Gasteiger charge is -2.34. The van der Waals surface area contributed by atoms with Gasteiger partial charge in [-0.15, -0.1) is 10.2 Å². The SMILES string of the molecule is Cc1ccc(-c2ccc(N3CCC[C@@H](C(=O)NC4CCCCC4)C3)nn2)cc1. The van der Waals surface area contributed by atoms with Crippen LogP contribution in [0.15, 0.2) is 36.4 Å². The third kappa shape index (κ3) is 4.51. The summed E-state index contributed by atoms with van der Waals surface area (Å²) in [5, 5.41) is 12.2. The van der Waals surface area contributed by atoms with Crippen molar-refractivity contribution in [3.05, 3.63) is 42.0 Å². The summed E-state index contributed by atoms with van der Waals surface area (Å²) in [5.74, 6) is 1.14. The van der Waals surface area contributed by atoms with E-state index in [2.05, 4.69) is 51.6 Å². The number of aryl methyl sites for hydroxylation is 1. The first-order valence-electron chi connectivity index (χ1n) is 10.6. The van der Waals surface area contributed by atoms with Gasteiger partial charge in [0.15, 0.2) is 5.82 Å². The molecule has 2 aromatic rings. The van der Waals surface area contributed by atoms with Crippen molar-refractivity contribution >= 4 is 11.7 Å². The monoisotopic (exact) mass is 378 g/mol. The van der Waals surface area contributed by atoms with Gasteiger partial charge in [0.05, 0.1) is 11.6 Å². The summed E-state index contributed by atoms with van der Waals surface area (Å²) < 4.78 is 0. The van der Waals surface area contributed by atoms with Crippen LogP contribution in [0.1, 0.15) is 50.5 Å². The number of hydrogen-bond acceptors (Lipinski definition) is 4. The molecule has 1 amide bonds. The number of benzene rings is 1. The normalized spacial score (nSPS) is 20.8. The number of aromatic nitrogens is 2. The molecule has 1 saturated carbocycles. The lowest BCUT2D eigenvalue weighted by atomic mass is 9.93. The van der Waals surface area contributed by atoms with Gasteiger partial charge in [0.1, 0.15) is 0 Å². The van der Waals surface area contributed by atoms with E-state index >= 15 is 0 Å². The Labute approximate surface area is 167 Å². The average Bonchev–Trinajstić information content (AvgIpc) is 2.75. The number of nitrogens with one attached hydrogen (secondary N) is 1. The molecule has 1 saturated heterocycles. The van der Waals surface area contributed by atoms with Gasteiger partial charge in [0.25, 0.3) is 0 Å². The van der Waals surface area contributed by atoms with Gasteiger partial charge in [-0.3, -0.25) is 4.79 Å². The van der Waals surface area contributed by atoms with Crippen molar-refractivity contribution < 1.29 is 4.79 Å². The third-order valence-corrected chi connectivity index (χ3v) is 6.07. The summed E-state index contributed by atoms with van der Waals surface area (Å²) in [5.41, 5.74) is 3.19. The lowest BCUT2D eigenvalue weighted by Crippen LogP contribution is -2.46. The second-order valence-corrected chi connectivity index (χ2v) is 8.27. The van der Waals surface area contributed by atoms with Gasteiger partial charge in [-0.1, -0.05) is 49.1 Å². The summed E-state index contributed by atoms with van der Waals surface area (Å²) >= 11 is 0. The molecule has 1 aromatic carbocycles. The van der Waals surface area contributed by atoms with E-state index in [1.165, 1.54) is 24.8 Å². The molecule has 2 fully saturated rings. The Hall–Kier alpha value is -2.43. The smallest absolute Gasteiger partial charge is 0.225 e. The minimum atomic E-state index is 0.0502. The molecule has 28 heavy (non-hydrogen) atoms. The molecule has 1 N–H and O–H groups in total. The Morgan fingerprint density at radius 1 is 0.964 bits per heavy atom. The largest absolute Gasteiger partial charge is 0.354 e. The zero-order valence-corrected chi connectivity index (χ0v) is 16.7. The summed E-state index contributed by atoms with van der Waals surface area (Å²) in [6.45, 7) is 3.75. The predicted molar refractivity (Wildman–Crippen MR) is 112 cm³/mol. The highest BCUT2D eigenvalue weighted by molar-refractivity contribution is 5.79. The van der Waals surface area contributed by atoms with Gasteiger partial charge in [-0.25, -0.2) is 0 Å². The predicted octanol–water partition coefficient (Wildman–Crippen LogP) is 4.12. The van der Waals surface area contributed by atoms with E-state index in [1.807, 2.05) is 12.1 Å². The Balaban J connectivity index is 1.38.